The van der Waals surface area contributed by atoms with Gasteiger partial charge in [0.15, 0.2) is 0 Å². The van der Waals surface area contributed by atoms with Gasteiger partial charge in [-0.2, -0.15) is 0 Å². The number of allylic oxidation sites excluding steroid dienone is 2. The zero-order chi connectivity index (χ0) is 48.8. The number of aryl methyl sites for hydroxylation is 4. The van der Waals surface area contributed by atoms with Crippen LogP contribution >= 0.6 is 0 Å². The second kappa shape index (κ2) is 45.6. The minimum absolute atomic E-state index is 0.977. The molecule has 0 fully saturated rings. The summed E-state index contributed by atoms with van der Waals surface area (Å²) in [7, 11) is 0. The van der Waals surface area contributed by atoms with Crippen LogP contribution in [0, 0.1) is 0 Å². The molecule has 68 heavy (non-hydrogen) atoms. The van der Waals surface area contributed by atoms with Crippen molar-refractivity contribution in [1.29, 1.82) is 0 Å². The lowest BCUT2D eigenvalue weighted by Crippen LogP contribution is -2.12. The number of benzene rings is 2. The molecule has 0 aliphatic carbocycles. The van der Waals surface area contributed by atoms with Crippen LogP contribution in [-0.2, 0) is 25.7 Å². The van der Waals surface area contributed by atoms with Gasteiger partial charge in [0.1, 0.15) is 0 Å². The zero-order valence-electron chi connectivity index (χ0n) is 46.6. The van der Waals surface area contributed by atoms with E-state index in [0.29, 0.717) is 0 Å². The van der Waals surface area contributed by atoms with Crippen molar-refractivity contribution in [2.45, 2.75) is 324 Å². The standard InChI is InChI=1S/C66H114N2/c1-7-13-19-21-22-23-24-25-26-27-28-29-30-31-32-33-34-35-36-37-38-39-40-46-52-66(68-64-56-54-60(48-42-16-10-4)62(58-64)50-44-18-12-6)65(51-45-20-14-8-2)67-63-55-53-59(47-41-15-9-3)61(57-63)49-43-17-11-5/h46,52-58H,7-45,47-51H2,1-6H3. The lowest BCUT2D eigenvalue weighted by molar-refractivity contribution is 0.519. The number of rotatable bonds is 48. The maximum absolute atomic E-state index is 5.58. The summed E-state index contributed by atoms with van der Waals surface area (Å²) in [6.07, 6.45) is 63.4. The highest BCUT2D eigenvalue weighted by Gasteiger charge is 2.12. The van der Waals surface area contributed by atoms with Crippen LogP contribution in [0.1, 0.15) is 321 Å². The van der Waals surface area contributed by atoms with Gasteiger partial charge in [0.25, 0.3) is 0 Å². The number of hydrogen-bond acceptors (Lipinski definition) is 2. The van der Waals surface area contributed by atoms with Crippen LogP contribution in [0.2, 0.25) is 0 Å². The van der Waals surface area contributed by atoms with Crippen LogP contribution in [-0.4, -0.2) is 11.4 Å². The Labute approximate surface area is 425 Å². The Kier molecular flexibility index (Phi) is 41.4. The molecule has 0 amide bonds. The Morgan fingerprint density at radius 1 is 0.324 bits per heavy atom. The summed E-state index contributed by atoms with van der Waals surface area (Å²) in [5.41, 5.74) is 10.6. The van der Waals surface area contributed by atoms with Gasteiger partial charge in [0, 0.05) is 0 Å². The van der Waals surface area contributed by atoms with E-state index in [2.05, 4.69) is 90.1 Å². The van der Waals surface area contributed by atoms with Gasteiger partial charge in [-0.1, -0.05) is 265 Å². The van der Waals surface area contributed by atoms with Crippen molar-refractivity contribution >= 4 is 22.8 Å². The normalized spacial score (nSPS) is 12.3. The highest BCUT2D eigenvalue weighted by atomic mass is 14.8. The molecule has 0 saturated heterocycles. The fourth-order valence-corrected chi connectivity index (χ4v) is 10.1. The molecule has 0 aliphatic heterocycles. The topological polar surface area (TPSA) is 24.7 Å². The van der Waals surface area contributed by atoms with Crippen LogP contribution in [0.5, 0.6) is 0 Å². The molecule has 0 spiro atoms. The molecule has 0 atom stereocenters. The second-order valence-corrected chi connectivity index (χ2v) is 21.2. The summed E-state index contributed by atoms with van der Waals surface area (Å²) >= 11 is 0. The van der Waals surface area contributed by atoms with Crippen molar-refractivity contribution in [3.05, 3.63) is 70.8 Å². The molecule has 0 bridgehead atoms. The summed E-state index contributed by atoms with van der Waals surface area (Å²) < 4.78 is 0. The lowest BCUT2D eigenvalue weighted by Gasteiger charge is -2.14. The van der Waals surface area contributed by atoms with Gasteiger partial charge in [-0.05, 0) is 130 Å². The highest BCUT2D eigenvalue weighted by Crippen LogP contribution is 2.27. The molecule has 2 rings (SSSR count). The van der Waals surface area contributed by atoms with Gasteiger partial charge in [-0.3, -0.25) is 4.99 Å². The largest absolute Gasteiger partial charge is 0.251 e. The number of unbranched alkanes of at least 4 members (excludes halogenated alkanes) is 33. The molecule has 0 saturated carbocycles. The Balaban J connectivity index is 2.09. The van der Waals surface area contributed by atoms with E-state index in [-0.39, 0.29) is 0 Å². The molecule has 2 aromatic rings. The van der Waals surface area contributed by atoms with Gasteiger partial charge >= 0.3 is 0 Å². The predicted octanol–water partition coefficient (Wildman–Crippen LogP) is 23.0. The monoisotopic (exact) mass is 935 g/mol. The molecule has 0 N–H and O–H groups in total. The average Bonchev–Trinajstić information content (AvgIpc) is 3.35. The van der Waals surface area contributed by atoms with E-state index in [1.165, 1.54) is 267 Å². The Morgan fingerprint density at radius 2 is 0.632 bits per heavy atom. The first kappa shape index (κ1) is 61.6. The summed E-state index contributed by atoms with van der Waals surface area (Å²) in [5.74, 6) is 0. The molecule has 2 nitrogen and oxygen atoms in total. The van der Waals surface area contributed by atoms with Gasteiger partial charge in [-0.25, -0.2) is 4.99 Å². The van der Waals surface area contributed by atoms with Crippen LogP contribution in [0.3, 0.4) is 0 Å². The van der Waals surface area contributed by atoms with Crippen molar-refractivity contribution < 1.29 is 0 Å². The first-order valence-corrected chi connectivity index (χ1v) is 30.7. The summed E-state index contributed by atoms with van der Waals surface area (Å²) in [6.45, 7) is 13.9. The number of hydrogen-bond donors (Lipinski definition) is 0. The Hall–Kier alpha value is -2.48. The first-order valence-electron chi connectivity index (χ1n) is 30.7. The van der Waals surface area contributed by atoms with Crippen LogP contribution in [0.25, 0.3) is 0 Å². The average molecular weight is 936 g/mol. The molecular formula is C66H114N2. The third kappa shape index (κ3) is 32.4. The molecule has 388 valence electrons. The van der Waals surface area contributed by atoms with Crippen LogP contribution in [0.15, 0.2) is 58.5 Å². The molecule has 0 heterocycles. The number of aliphatic imine (C=N–C) groups is 2. The quantitative estimate of drug-likeness (QED) is 0.0467. The minimum Gasteiger partial charge on any atom is -0.251 e. The third-order valence-electron chi connectivity index (χ3n) is 14.7. The minimum atomic E-state index is 0.977. The highest BCUT2D eigenvalue weighted by molar-refractivity contribution is 6.47. The third-order valence-corrected chi connectivity index (χ3v) is 14.7. The molecular weight excluding hydrogens is 821 g/mol. The smallest absolute Gasteiger partial charge is 0.0848 e. The van der Waals surface area contributed by atoms with E-state index in [4.69, 9.17) is 9.98 Å². The summed E-state index contributed by atoms with van der Waals surface area (Å²) in [5, 5.41) is 0. The molecule has 0 aliphatic rings. The van der Waals surface area contributed by atoms with Gasteiger partial charge < -0.3 is 0 Å². The van der Waals surface area contributed by atoms with E-state index < -0.39 is 0 Å². The summed E-state index contributed by atoms with van der Waals surface area (Å²) in [6, 6.07) is 14.3. The van der Waals surface area contributed by atoms with Crippen LogP contribution < -0.4 is 0 Å². The van der Waals surface area contributed by atoms with Crippen molar-refractivity contribution in [1.82, 2.24) is 0 Å². The molecule has 0 unspecified atom stereocenters. The Bertz CT molecular complexity index is 1530. The van der Waals surface area contributed by atoms with Crippen molar-refractivity contribution in [2.24, 2.45) is 9.98 Å². The molecule has 2 heteroatoms. The van der Waals surface area contributed by atoms with Crippen molar-refractivity contribution in [3.8, 4) is 0 Å². The molecule has 0 radical (unpaired) electrons. The predicted molar refractivity (Wildman–Crippen MR) is 310 cm³/mol. The van der Waals surface area contributed by atoms with E-state index in [1.807, 2.05) is 0 Å². The fourth-order valence-electron chi connectivity index (χ4n) is 10.1. The van der Waals surface area contributed by atoms with Gasteiger partial charge in [0.2, 0.25) is 0 Å². The van der Waals surface area contributed by atoms with Gasteiger partial charge in [-0.15, -0.1) is 0 Å². The maximum atomic E-state index is 5.58. The van der Waals surface area contributed by atoms with E-state index in [0.717, 1.165) is 49.2 Å². The number of nitrogens with zero attached hydrogens (tertiary/aromatic N) is 2. The van der Waals surface area contributed by atoms with E-state index in [9.17, 15) is 0 Å². The summed E-state index contributed by atoms with van der Waals surface area (Å²) in [4.78, 5) is 11.1. The first-order chi connectivity index (χ1) is 33.6. The van der Waals surface area contributed by atoms with E-state index >= 15 is 0 Å². The lowest BCUT2D eigenvalue weighted by atomic mass is 9.96. The fraction of sp³-hybridized carbons (Fsp3) is 0.758. The molecule has 0 aromatic heterocycles. The SMILES string of the molecule is CCCCCCCCCCCCCCCCCCCCCCCCC=CC(=Nc1ccc(CCCCC)c(CCCCC)c1)C(CCCCCC)=Nc1ccc(CCCCC)c(CCCCC)c1. The second-order valence-electron chi connectivity index (χ2n) is 21.2. The zero-order valence-corrected chi connectivity index (χ0v) is 46.6. The van der Waals surface area contributed by atoms with Crippen molar-refractivity contribution in [3.63, 3.8) is 0 Å². The molecule has 2 aromatic carbocycles. The van der Waals surface area contributed by atoms with Gasteiger partial charge in [0.05, 0.1) is 22.8 Å². The van der Waals surface area contributed by atoms with E-state index in [1.54, 1.807) is 11.1 Å². The van der Waals surface area contributed by atoms with Crippen molar-refractivity contribution in [2.75, 3.05) is 0 Å². The van der Waals surface area contributed by atoms with Crippen LogP contribution in [0.4, 0.5) is 11.4 Å². The maximum Gasteiger partial charge on any atom is 0.0848 e. The Morgan fingerprint density at radius 3 is 1.01 bits per heavy atom.